The third kappa shape index (κ3) is 4.10. The van der Waals surface area contributed by atoms with Gasteiger partial charge in [-0.15, -0.1) is 11.3 Å². The zero-order valence-corrected chi connectivity index (χ0v) is 12.8. The number of sulfonamides is 1. The van der Waals surface area contributed by atoms with E-state index in [4.69, 9.17) is 23.2 Å². The highest BCUT2D eigenvalue weighted by atomic mass is 35.5. The fourth-order valence-corrected chi connectivity index (χ4v) is 4.65. The first-order chi connectivity index (χ1) is 7.90. The molecule has 0 fully saturated rings. The van der Waals surface area contributed by atoms with E-state index in [-0.39, 0.29) is 9.23 Å². The van der Waals surface area contributed by atoms with E-state index in [0.29, 0.717) is 16.8 Å². The van der Waals surface area contributed by atoms with Crippen LogP contribution in [0.5, 0.6) is 0 Å². The van der Waals surface area contributed by atoms with Crippen molar-refractivity contribution < 1.29 is 8.42 Å². The lowest BCUT2D eigenvalue weighted by Crippen LogP contribution is -2.28. The van der Waals surface area contributed by atoms with Crippen LogP contribution in [0.3, 0.4) is 0 Å². The van der Waals surface area contributed by atoms with Crippen molar-refractivity contribution >= 4 is 44.6 Å². The van der Waals surface area contributed by atoms with E-state index in [9.17, 15) is 8.42 Å². The lowest BCUT2D eigenvalue weighted by atomic mass is 10.0. The summed E-state index contributed by atoms with van der Waals surface area (Å²) in [5.74, 6) is 0.345. The molecule has 0 atom stereocenters. The molecule has 0 aliphatic carbocycles. The summed E-state index contributed by atoms with van der Waals surface area (Å²) >= 11 is 12.6. The second-order valence-electron chi connectivity index (χ2n) is 3.72. The van der Waals surface area contributed by atoms with Crippen LogP contribution in [0.4, 0.5) is 0 Å². The molecule has 0 bridgehead atoms. The van der Waals surface area contributed by atoms with Crippen LogP contribution in [0.25, 0.3) is 0 Å². The standard InChI is InChI=1S/C10H15Cl2NO2S2/c1-3-7(4-2)6-13-17(14,15)8-5-9(11)16-10(8)12/h5,7,13H,3-4,6H2,1-2H3. The van der Waals surface area contributed by atoms with Gasteiger partial charge in [0.05, 0.1) is 4.34 Å². The van der Waals surface area contributed by atoms with Gasteiger partial charge in [-0.2, -0.15) is 0 Å². The van der Waals surface area contributed by atoms with Gasteiger partial charge in [0.1, 0.15) is 9.23 Å². The summed E-state index contributed by atoms with van der Waals surface area (Å²) in [6.07, 6.45) is 1.88. The van der Waals surface area contributed by atoms with Crippen molar-refractivity contribution in [2.24, 2.45) is 5.92 Å². The van der Waals surface area contributed by atoms with E-state index < -0.39 is 10.0 Å². The number of halogens is 2. The van der Waals surface area contributed by atoms with Crippen molar-refractivity contribution in [3.05, 3.63) is 14.7 Å². The van der Waals surface area contributed by atoms with Gasteiger partial charge in [0, 0.05) is 6.54 Å². The quantitative estimate of drug-likeness (QED) is 0.868. The molecule has 0 aromatic carbocycles. The molecular weight excluding hydrogens is 301 g/mol. The van der Waals surface area contributed by atoms with E-state index in [1.54, 1.807) is 0 Å². The van der Waals surface area contributed by atoms with Crippen LogP contribution in [0.15, 0.2) is 11.0 Å². The van der Waals surface area contributed by atoms with Gasteiger partial charge in [0.15, 0.2) is 0 Å². The van der Waals surface area contributed by atoms with Crippen LogP contribution in [0.1, 0.15) is 26.7 Å². The molecule has 1 N–H and O–H groups in total. The van der Waals surface area contributed by atoms with Gasteiger partial charge in [-0.05, 0) is 12.0 Å². The smallest absolute Gasteiger partial charge is 0.211 e. The fourth-order valence-electron chi connectivity index (χ4n) is 1.39. The van der Waals surface area contributed by atoms with Crippen molar-refractivity contribution in [1.29, 1.82) is 0 Å². The first kappa shape index (κ1) is 15.2. The Kier molecular flexibility index (Phi) is 5.73. The molecule has 1 aromatic heterocycles. The topological polar surface area (TPSA) is 46.2 Å². The molecule has 0 amide bonds. The van der Waals surface area contributed by atoms with Gasteiger partial charge in [-0.25, -0.2) is 13.1 Å². The average molecular weight is 316 g/mol. The normalized spacial score (nSPS) is 12.3. The molecule has 0 radical (unpaired) electrons. The van der Waals surface area contributed by atoms with Crippen molar-refractivity contribution in [2.75, 3.05) is 6.54 Å². The maximum atomic E-state index is 12.0. The number of thiophene rings is 1. The molecule has 1 rings (SSSR count). The largest absolute Gasteiger partial charge is 0.242 e. The molecule has 0 aliphatic heterocycles. The Bertz CT molecular complexity index is 467. The predicted octanol–water partition coefficient (Wildman–Crippen LogP) is 3.77. The first-order valence-corrected chi connectivity index (χ1v) is 8.40. The van der Waals surface area contributed by atoms with Gasteiger partial charge >= 0.3 is 0 Å². The summed E-state index contributed by atoms with van der Waals surface area (Å²) in [7, 11) is -3.54. The Morgan fingerprint density at radius 3 is 2.35 bits per heavy atom. The number of hydrogen-bond acceptors (Lipinski definition) is 3. The zero-order chi connectivity index (χ0) is 13.1. The third-order valence-electron chi connectivity index (χ3n) is 2.63. The Labute approximate surface area is 116 Å². The number of nitrogens with one attached hydrogen (secondary N) is 1. The maximum Gasteiger partial charge on any atom is 0.242 e. The van der Waals surface area contributed by atoms with Gasteiger partial charge < -0.3 is 0 Å². The van der Waals surface area contributed by atoms with Crippen LogP contribution < -0.4 is 4.72 Å². The van der Waals surface area contributed by atoms with Crippen molar-refractivity contribution in [3.8, 4) is 0 Å². The molecular formula is C10H15Cl2NO2S2. The van der Waals surface area contributed by atoms with E-state index in [2.05, 4.69) is 4.72 Å². The summed E-state index contributed by atoms with van der Waals surface area (Å²) in [5.41, 5.74) is 0. The van der Waals surface area contributed by atoms with Crippen LogP contribution in [0.2, 0.25) is 8.67 Å². The summed E-state index contributed by atoms with van der Waals surface area (Å²) in [4.78, 5) is 0.0696. The summed E-state index contributed by atoms with van der Waals surface area (Å²) in [6, 6.07) is 1.38. The minimum Gasteiger partial charge on any atom is -0.211 e. The molecule has 17 heavy (non-hydrogen) atoms. The molecule has 1 heterocycles. The van der Waals surface area contributed by atoms with E-state index in [1.165, 1.54) is 6.07 Å². The Morgan fingerprint density at radius 2 is 1.94 bits per heavy atom. The Hall–Kier alpha value is 0.190. The van der Waals surface area contributed by atoms with E-state index >= 15 is 0 Å². The first-order valence-electron chi connectivity index (χ1n) is 5.35. The van der Waals surface area contributed by atoms with Crippen molar-refractivity contribution in [2.45, 2.75) is 31.6 Å². The SMILES string of the molecule is CCC(CC)CNS(=O)(=O)c1cc(Cl)sc1Cl. The summed E-state index contributed by atoms with van der Waals surface area (Å²) < 4.78 is 27.1. The van der Waals surface area contributed by atoms with Crippen LogP contribution in [-0.2, 0) is 10.0 Å². The van der Waals surface area contributed by atoms with E-state index in [1.807, 2.05) is 13.8 Å². The summed E-state index contributed by atoms with van der Waals surface area (Å²) in [6.45, 7) is 4.51. The summed E-state index contributed by atoms with van der Waals surface area (Å²) in [5, 5.41) is 0. The van der Waals surface area contributed by atoms with Crippen LogP contribution >= 0.6 is 34.5 Å². The minimum atomic E-state index is -3.54. The fraction of sp³-hybridized carbons (Fsp3) is 0.600. The van der Waals surface area contributed by atoms with Crippen LogP contribution in [-0.4, -0.2) is 15.0 Å². The second kappa shape index (κ2) is 6.38. The molecule has 3 nitrogen and oxygen atoms in total. The van der Waals surface area contributed by atoms with Gasteiger partial charge in [-0.3, -0.25) is 0 Å². The predicted molar refractivity (Wildman–Crippen MR) is 73.6 cm³/mol. The van der Waals surface area contributed by atoms with E-state index in [0.717, 1.165) is 24.2 Å². The number of rotatable bonds is 6. The molecule has 0 saturated heterocycles. The van der Waals surface area contributed by atoms with Gasteiger partial charge in [0.25, 0.3) is 0 Å². The molecule has 7 heteroatoms. The van der Waals surface area contributed by atoms with Crippen molar-refractivity contribution in [1.82, 2.24) is 4.72 Å². The molecule has 0 aliphatic rings. The lowest BCUT2D eigenvalue weighted by molar-refractivity contribution is 0.479. The maximum absolute atomic E-state index is 12.0. The molecule has 1 aromatic rings. The zero-order valence-electron chi connectivity index (χ0n) is 9.66. The Morgan fingerprint density at radius 1 is 1.35 bits per heavy atom. The van der Waals surface area contributed by atoms with Gasteiger partial charge in [0.2, 0.25) is 10.0 Å². The molecule has 98 valence electrons. The lowest BCUT2D eigenvalue weighted by Gasteiger charge is -2.13. The van der Waals surface area contributed by atoms with Crippen LogP contribution in [0, 0.1) is 5.92 Å². The third-order valence-corrected chi connectivity index (χ3v) is 5.81. The second-order valence-corrected chi connectivity index (χ2v) is 7.74. The monoisotopic (exact) mass is 315 g/mol. The Balaban J connectivity index is 2.79. The van der Waals surface area contributed by atoms with Crippen molar-refractivity contribution in [3.63, 3.8) is 0 Å². The highest BCUT2D eigenvalue weighted by Crippen LogP contribution is 2.34. The highest BCUT2D eigenvalue weighted by molar-refractivity contribution is 7.89. The highest BCUT2D eigenvalue weighted by Gasteiger charge is 2.21. The molecule has 0 unspecified atom stereocenters. The average Bonchev–Trinajstić information content (AvgIpc) is 2.60. The molecule has 0 saturated carbocycles. The molecule has 0 spiro atoms. The minimum absolute atomic E-state index is 0.0696. The van der Waals surface area contributed by atoms with Gasteiger partial charge in [-0.1, -0.05) is 49.9 Å². The number of hydrogen-bond donors (Lipinski definition) is 1.